The average molecular weight is 907 g/mol. The lowest BCUT2D eigenvalue weighted by Gasteiger charge is -2.28. The number of rotatable bonds is 9. The Bertz CT molecular complexity index is 3900. The van der Waals surface area contributed by atoms with Crippen LogP contribution < -0.4 is 4.90 Å². The van der Waals surface area contributed by atoms with Crippen molar-refractivity contribution in [1.29, 1.82) is 0 Å². The molecule has 0 spiro atoms. The van der Waals surface area contributed by atoms with Gasteiger partial charge in [-0.2, -0.15) is 0 Å². The summed E-state index contributed by atoms with van der Waals surface area (Å²) >= 11 is 0. The van der Waals surface area contributed by atoms with Crippen LogP contribution in [0.3, 0.4) is 0 Å². The zero-order chi connectivity index (χ0) is 47.5. The highest BCUT2D eigenvalue weighted by Gasteiger charge is 2.35. The summed E-state index contributed by atoms with van der Waals surface area (Å²) in [7, 11) is 0. The lowest BCUT2D eigenvalue weighted by Crippen LogP contribution is -2.16. The van der Waals surface area contributed by atoms with Crippen molar-refractivity contribution in [3.63, 3.8) is 0 Å². The molecule has 0 amide bonds. The van der Waals surface area contributed by atoms with Gasteiger partial charge in [-0.1, -0.05) is 226 Å². The Labute approximate surface area is 416 Å². The molecule has 2 nitrogen and oxygen atoms in total. The van der Waals surface area contributed by atoms with Gasteiger partial charge in [0.2, 0.25) is 0 Å². The van der Waals surface area contributed by atoms with Gasteiger partial charge in [-0.15, -0.1) is 0 Å². The van der Waals surface area contributed by atoms with Crippen molar-refractivity contribution in [1.82, 2.24) is 4.57 Å². The third-order valence-corrected chi connectivity index (χ3v) is 14.9. The van der Waals surface area contributed by atoms with Crippen LogP contribution in [0.15, 0.2) is 267 Å². The van der Waals surface area contributed by atoms with Gasteiger partial charge in [-0.3, -0.25) is 0 Å². The summed E-state index contributed by atoms with van der Waals surface area (Å²) < 4.78 is 2.45. The van der Waals surface area contributed by atoms with Crippen LogP contribution in [0.25, 0.3) is 94.3 Å². The van der Waals surface area contributed by atoms with Gasteiger partial charge in [0.05, 0.1) is 16.7 Å². The van der Waals surface area contributed by atoms with Crippen LogP contribution in [-0.2, 0) is 5.41 Å². The molecule has 13 rings (SSSR count). The van der Waals surface area contributed by atoms with E-state index in [0.717, 1.165) is 22.7 Å². The van der Waals surface area contributed by atoms with Crippen LogP contribution in [0, 0.1) is 0 Å². The van der Waals surface area contributed by atoms with Gasteiger partial charge in [0.25, 0.3) is 0 Å². The summed E-state index contributed by atoms with van der Waals surface area (Å²) in [6.45, 7) is 4.71. The normalized spacial score (nSPS) is 12.5. The number of aromatic nitrogens is 1. The molecule has 71 heavy (non-hydrogen) atoms. The fourth-order valence-corrected chi connectivity index (χ4v) is 11.2. The van der Waals surface area contributed by atoms with E-state index in [2.05, 4.69) is 290 Å². The van der Waals surface area contributed by atoms with Crippen LogP contribution in [0.2, 0.25) is 0 Å². The molecule has 0 atom stereocenters. The maximum atomic E-state index is 2.45. The van der Waals surface area contributed by atoms with Crippen molar-refractivity contribution in [3.8, 4) is 72.4 Å². The first-order valence-electron chi connectivity index (χ1n) is 24.7. The van der Waals surface area contributed by atoms with E-state index in [1.807, 2.05) is 0 Å². The second kappa shape index (κ2) is 17.2. The zero-order valence-corrected chi connectivity index (χ0v) is 39.8. The van der Waals surface area contributed by atoms with E-state index >= 15 is 0 Å². The molecular weight excluding hydrogens is 857 g/mol. The first kappa shape index (κ1) is 42.1. The van der Waals surface area contributed by atoms with Crippen LogP contribution in [0.1, 0.15) is 25.0 Å². The maximum Gasteiger partial charge on any atom is 0.0547 e. The second-order valence-corrected chi connectivity index (χ2v) is 19.3. The minimum atomic E-state index is -0.116. The summed E-state index contributed by atoms with van der Waals surface area (Å²) in [6.07, 6.45) is 0. The number of fused-ring (bicyclic) bond motifs is 6. The Morgan fingerprint density at radius 2 is 0.704 bits per heavy atom. The second-order valence-electron chi connectivity index (χ2n) is 19.3. The number of anilines is 3. The van der Waals surface area contributed by atoms with E-state index in [0.29, 0.717) is 0 Å². The van der Waals surface area contributed by atoms with E-state index < -0.39 is 0 Å². The molecule has 336 valence electrons. The number of benzene rings is 11. The van der Waals surface area contributed by atoms with Crippen molar-refractivity contribution in [2.75, 3.05) is 4.90 Å². The summed E-state index contributed by atoms with van der Waals surface area (Å²) in [4.78, 5) is 2.41. The number of hydrogen-bond acceptors (Lipinski definition) is 1. The SMILES string of the molecule is CC1(C)c2ccccc2-c2ccc(N(c3ccc(-c4ccc(-c5ccccc5)cc4)cc3)c3ccc(-c4ccc(-c5ccccc5-n5c6ccccc6c6ccc(-c7ccccc7)cc65)cc4)cc3)cc21. The smallest absolute Gasteiger partial charge is 0.0547 e. The molecule has 0 unspecified atom stereocenters. The standard InChI is InChI=1S/C69H50N2/c1-69(2)64-22-12-9-20-60(64)61-44-42-58(46-65(61)69)70(56-38-33-52(34-39-56)50-27-25-49(26-28-50)47-15-5-3-6-16-47)57-40-35-53(36-41-57)51-29-31-54(32-30-51)59-19-10-13-23-66(59)71-67-24-14-11-21-62(67)63-43-37-55(45-68(63)71)48-17-7-4-8-18-48/h3-46H,1-2H3. The lowest BCUT2D eigenvalue weighted by molar-refractivity contribution is 0.660. The van der Waals surface area contributed by atoms with Crippen molar-refractivity contribution in [2.45, 2.75) is 19.3 Å². The largest absolute Gasteiger partial charge is 0.310 e. The van der Waals surface area contributed by atoms with Crippen molar-refractivity contribution in [2.24, 2.45) is 0 Å². The van der Waals surface area contributed by atoms with E-state index in [-0.39, 0.29) is 5.41 Å². The molecule has 0 radical (unpaired) electrons. The number of para-hydroxylation sites is 2. The van der Waals surface area contributed by atoms with Crippen molar-refractivity contribution >= 4 is 38.9 Å². The number of nitrogens with zero attached hydrogens (tertiary/aromatic N) is 2. The average Bonchev–Trinajstić information content (AvgIpc) is 3.89. The molecule has 0 aliphatic heterocycles. The molecule has 1 aliphatic rings. The topological polar surface area (TPSA) is 8.17 Å². The molecule has 0 bridgehead atoms. The highest BCUT2D eigenvalue weighted by atomic mass is 15.1. The Balaban J connectivity index is 0.842. The fraction of sp³-hybridized carbons (Fsp3) is 0.0435. The predicted molar refractivity (Wildman–Crippen MR) is 300 cm³/mol. The quantitative estimate of drug-likeness (QED) is 0.140. The predicted octanol–water partition coefficient (Wildman–Crippen LogP) is 18.9. The van der Waals surface area contributed by atoms with E-state index in [4.69, 9.17) is 0 Å². The minimum absolute atomic E-state index is 0.116. The van der Waals surface area contributed by atoms with E-state index in [9.17, 15) is 0 Å². The molecule has 11 aromatic carbocycles. The van der Waals surface area contributed by atoms with Gasteiger partial charge in [0.1, 0.15) is 0 Å². The van der Waals surface area contributed by atoms with Gasteiger partial charge < -0.3 is 9.47 Å². The van der Waals surface area contributed by atoms with E-state index in [1.165, 1.54) is 99.7 Å². The molecule has 1 aromatic heterocycles. The van der Waals surface area contributed by atoms with Crippen molar-refractivity contribution < 1.29 is 0 Å². The van der Waals surface area contributed by atoms with Gasteiger partial charge in [-0.25, -0.2) is 0 Å². The van der Waals surface area contributed by atoms with Gasteiger partial charge in [0, 0.05) is 38.8 Å². The van der Waals surface area contributed by atoms with Gasteiger partial charge in [-0.05, 0) is 127 Å². The molecule has 1 heterocycles. The highest BCUT2D eigenvalue weighted by Crippen LogP contribution is 2.51. The summed E-state index contributed by atoms with van der Waals surface area (Å²) in [5.74, 6) is 0. The molecule has 0 saturated heterocycles. The fourth-order valence-electron chi connectivity index (χ4n) is 11.2. The van der Waals surface area contributed by atoms with Crippen LogP contribution in [0.5, 0.6) is 0 Å². The zero-order valence-electron chi connectivity index (χ0n) is 39.8. The van der Waals surface area contributed by atoms with Crippen LogP contribution in [0.4, 0.5) is 17.1 Å². The van der Waals surface area contributed by atoms with Crippen LogP contribution >= 0.6 is 0 Å². The van der Waals surface area contributed by atoms with Crippen molar-refractivity contribution in [3.05, 3.63) is 278 Å². The summed E-state index contributed by atoms with van der Waals surface area (Å²) in [5, 5.41) is 2.50. The molecule has 1 aliphatic carbocycles. The van der Waals surface area contributed by atoms with Gasteiger partial charge in [0.15, 0.2) is 0 Å². The first-order chi connectivity index (χ1) is 35.0. The first-order valence-corrected chi connectivity index (χ1v) is 24.7. The van der Waals surface area contributed by atoms with E-state index in [1.54, 1.807) is 0 Å². The molecule has 0 saturated carbocycles. The van der Waals surface area contributed by atoms with Crippen LogP contribution in [-0.4, -0.2) is 4.57 Å². The summed E-state index contributed by atoms with van der Waals surface area (Å²) in [5.41, 5.74) is 24.1. The number of hydrogen-bond donors (Lipinski definition) is 0. The maximum absolute atomic E-state index is 2.45. The van der Waals surface area contributed by atoms with Gasteiger partial charge >= 0.3 is 0 Å². The Morgan fingerprint density at radius 1 is 0.282 bits per heavy atom. The molecule has 2 heteroatoms. The molecule has 12 aromatic rings. The highest BCUT2D eigenvalue weighted by molar-refractivity contribution is 6.10. The minimum Gasteiger partial charge on any atom is -0.310 e. The third kappa shape index (κ3) is 7.35. The summed E-state index contributed by atoms with van der Waals surface area (Å²) in [6, 6.07) is 97.7. The third-order valence-electron chi connectivity index (χ3n) is 14.9. The Morgan fingerprint density at radius 3 is 1.32 bits per heavy atom. The molecular formula is C69H50N2. The molecule has 0 fully saturated rings. The Hall–Kier alpha value is -8.98. The monoisotopic (exact) mass is 906 g/mol. The lowest BCUT2D eigenvalue weighted by atomic mass is 9.82. The molecule has 0 N–H and O–H groups in total. The Kier molecular flexibility index (Phi) is 10.2.